The van der Waals surface area contributed by atoms with Gasteiger partial charge in [-0.1, -0.05) is 12.1 Å². The van der Waals surface area contributed by atoms with Gasteiger partial charge in [0, 0.05) is 58.2 Å². The van der Waals surface area contributed by atoms with Gasteiger partial charge in [-0.25, -0.2) is 0 Å². The van der Waals surface area contributed by atoms with Crippen molar-refractivity contribution in [3.05, 3.63) is 64.5 Å². The molecule has 0 N–H and O–H groups in total. The molecule has 4 heteroatoms. The van der Waals surface area contributed by atoms with Crippen molar-refractivity contribution in [2.75, 3.05) is 46.8 Å². The fourth-order valence-corrected chi connectivity index (χ4v) is 3.77. The van der Waals surface area contributed by atoms with Crippen molar-refractivity contribution in [2.24, 2.45) is 0 Å². The van der Waals surface area contributed by atoms with Crippen LogP contribution in [-0.4, -0.2) is 66.5 Å². The first-order valence-electron chi connectivity index (χ1n) is 10.1. The van der Waals surface area contributed by atoms with Crippen molar-refractivity contribution in [2.45, 2.75) is 33.4 Å². The molecule has 0 unspecified atom stereocenters. The molecule has 1 aliphatic rings. The minimum atomic E-state index is 1.01. The Kier molecular flexibility index (Phi) is 7.00. The molecular weight excluding hydrogens is 332 g/mol. The van der Waals surface area contributed by atoms with E-state index in [1.165, 1.54) is 54.0 Å². The third kappa shape index (κ3) is 5.86. The summed E-state index contributed by atoms with van der Waals surface area (Å²) in [6.45, 7) is 12.3. The predicted octanol–water partition coefficient (Wildman–Crippen LogP) is 3.12. The van der Waals surface area contributed by atoms with E-state index in [1.807, 2.05) is 12.4 Å². The van der Waals surface area contributed by atoms with Gasteiger partial charge in [0.1, 0.15) is 0 Å². The van der Waals surface area contributed by atoms with Crippen LogP contribution in [0.4, 0.5) is 0 Å². The number of aromatic nitrogens is 1. The second-order valence-electron chi connectivity index (χ2n) is 8.13. The molecule has 0 amide bonds. The van der Waals surface area contributed by atoms with E-state index in [0.717, 1.165) is 26.1 Å². The second-order valence-corrected chi connectivity index (χ2v) is 8.13. The van der Waals surface area contributed by atoms with Crippen LogP contribution in [-0.2, 0) is 19.5 Å². The van der Waals surface area contributed by atoms with E-state index >= 15 is 0 Å². The number of rotatable bonds is 7. The molecule has 1 saturated heterocycles. The molecular formula is C23H34N4. The van der Waals surface area contributed by atoms with Gasteiger partial charge in [0.25, 0.3) is 0 Å². The fourth-order valence-electron chi connectivity index (χ4n) is 3.77. The maximum atomic E-state index is 4.10. The van der Waals surface area contributed by atoms with Crippen molar-refractivity contribution in [3.63, 3.8) is 0 Å². The summed E-state index contributed by atoms with van der Waals surface area (Å²) in [4.78, 5) is 11.5. The third-order valence-electron chi connectivity index (χ3n) is 5.76. The minimum absolute atomic E-state index is 1.01. The second kappa shape index (κ2) is 9.45. The SMILES string of the molecule is Cc1cc(C)c(CN2CCN(C)CC2)cc1CN(C)CCc1ccncc1. The van der Waals surface area contributed by atoms with Crippen LogP contribution in [0.1, 0.15) is 27.8 Å². The average Bonchev–Trinajstić information content (AvgIpc) is 2.66. The molecule has 2 aromatic rings. The molecule has 0 spiro atoms. The number of benzene rings is 1. The van der Waals surface area contributed by atoms with E-state index in [0.29, 0.717) is 0 Å². The van der Waals surface area contributed by atoms with Gasteiger partial charge in [0.2, 0.25) is 0 Å². The standard InChI is InChI=1S/C23H34N4/c1-19-15-20(2)23(18-27-13-11-25(3)12-14-27)16-22(19)17-26(4)10-7-21-5-8-24-9-6-21/h5-6,8-9,15-16H,7,10-14,17-18H2,1-4H3. The molecule has 4 nitrogen and oxygen atoms in total. The average molecular weight is 367 g/mol. The molecule has 0 radical (unpaired) electrons. The van der Waals surface area contributed by atoms with Gasteiger partial charge in [0.15, 0.2) is 0 Å². The Morgan fingerprint density at radius 3 is 2.33 bits per heavy atom. The zero-order valence-electron chi connectivity index (χ0n) is 17.4. The minimum Gasteiger partial charge on any atom is -0.304 e. The van der Waals surface area contributed by atoms with E-state index < -0.39 is 0 Å². The van der Waals surface area contributed by atoms with Gasteiger partial charge in [-0.3, -0.25) is 9.88 Å². The van der Waals surface area contributed by atoms with Gasteiger partial charge < -0.3 is 9.80 Å². The lowest BCUT2D eigenvalue weighted by atomic mass is 9.99. The summed E-state index contributed by atoms with van der Waals surface area (Å²) in [7, 11) is 4.44. The number of hydrogen-bond donors (Lipinski definition) is 0. The summed E-state index contributed by atoms with van der Waals surface area (Å²) in [6.07, 6.45) is 4.83. The van der Waals surface area contributed by atoms with Gasteiger partial charge in [-0.15, -0.1) is 0 Å². The molecule has 3 rings (SSSR count). The van der Waals surface area contributed by atoms with E-state index in [4.69, 9.17) is 0 Å². The predicted molar refractivity (Wildman–Crippen MR) is 113 cm³/mol. The molecule has 0 saturated carbocycles. The molecule has 1 aromatic carbocycles. The van der Waals surface area contributed by atoms with Crippen molar-refractivity contribution in [1.82, 2.24) is 19.7 Å². The number of pyridine rings is 1. The largest absolute Gasteiger partial charge is 0.304 e. The number of piperazine rings is 1. The molecule has 1 fully saturated rings. The van der Waals surface area contributed by atoms with Crippen LogP contribution in [0.25, 0.3) is 0 Å². The van der Waals surface area contributed by atoms with Crippen LogP contribution in [0, 0.1) is 13.8 Å². The quantitative estimate of drug-likeness (QED) is 0.751. The summed E-state index contributed by atoms with van der Waals surface area (Å²) in [6, 6.07) is 9.04. The summed E-state index contributed by atoms with van der Waals surface area (Å²) < 4.78 is 0. The van der Waals surface area contributed by atoms with E-state index in [-0.39, 0.29) is 0 Å². The lowest BCUT2D eigenvalue weighted by Crippen LogP contribution is -2.44. The van der Waals surface area contributed by atoms with E-state index in [9.17, 15) is 0 Å². The first-order chi connectivity index (χ1) is 13.0. The Balaban J connectivity index is 1.60. The Hall–Kier alpha value is -1.75. The lowest BCUT2D eigenvalue weighted by molar-refractivity contribution is 0.148. The van der Waals surface area contributed by atoms with Crippen LogP contribution in [0.5, 0.6) is 0 Å². The van der Waals surface area contributed by atoms with Crippen LogP contribution in [0.15, 0.2) is 36.7 Å². The Morgan fingerprint density at radius 1 is 0.963 bits per heavy atom. The van der Waals surface area contributed by atoms with Crippen molar-refractivity contribution < 1.29 is 0 Å². The highest BCUT2D eigenvalue weighted by Crippen LogP contribution is 2.20. The summed E-state index contributed by atoms with van der Waals surface area (Å²) in [5, 5.41) is 0. The topological polar surface area (TPSA) is 22.6 Å². The Bertz CT molecular complexity index is 721. The first kappa shape index (κ1) is 20.0. The third-order valence-corrected chi connectivity index (χ3v) is 5.76. The van der Waals surface area contributed by atoms with Crippen molar-refractivity contribution in [1.29, 1.82) is 0 Å². The van der Waals surface area contributed by atoms with Gasteiger partial charge in [0.05, 0.1) is 0 Å². The van der Waals surface area contributed by atoms with Gasteiger partial charge >= 0.3 is 0 Å². The van der Waals surface area contributed by atoms with Crippen molar-refractivity contribution >= 4 is 0 Å². The Labute approximate surface area is 164 Å². The zero-order chi connectivity index (χ0) is 19.2. The fraction of sp³-hybridized carbons (Fsp3) is 0.522. The summed E-state index contributed by atoms with van der Waals surface area (Å²) in [5.74, 6) is 0. The lowest BCUT2D eigenvalue weighted by Gasteiger charge is -2.33. The first-order valence-corrected chi connectivity index (χ1v) is 10.1. The molecule has 1 aliphatic heterocycles. The monoisotopic (exact) mass is 366 g/mol. The molecule has 146 valence electrons. The molecule has 2 heterocycles. The molecule has 0 atom stereocenters. The maximum Gasteiger partial charge on any atom is 0.0270 e. The number of aryl methyl sites for hydroxylation is 2. The highest BCUT2D eigenvalue weighted by atomic mass is 15.2. The van der Waals surface area contributed by atoms with Gasteiger partial charge in [-0.2, -0.15) is 0 Å². The van der Waals surface area contributed by atoms with Crippen molar-refractivity contribution in [3.8, 4) is 0 Å². The number of hydrogen-bond acceptors (Lipinski definition) is 4. The number of likely N-dealkylation sites (N-methyl/N-ethyl adjacent to an activating group) is 2. The van der Waals surface area contributed by atoms with Crippen LogP contribution < -0.4 is 0 Å². The summed E-state index contributed by atoms with van der Waals surface area (Å²) >= 11 is 0. The van der Waals surface area contributed by atoms with E-state index in [1.54, 1.807) is 0 Å². The van der Waals surface area contributed by atoms with Crippen LogP contribution in [0.2, 0.25) is 0 Å². The maximum absolute atomic E-state index is 4.10. The normalized spacial score (nSPS) is 16.2. The number of nitrogens with zero attached hydrogens (tertiary/aromatic N) is 4. The Morgan fingerprint density at radius 2 is 1.63 bits per heavy atom. The van der Waals surface area contributed by atoms with E-state index in [2.05, 4.69) is 71.9 Å². The molecule has 0 bridgehead atoms. The summed E-state index contributed by atoms with van der Waals surface area (Å²) in [5.41, 5.74) is 7.14. The van der Waals surface area contributed by atoms with Gasteiger partial charge in [-0.05, 0) is 74.3 Å². The highest BCUT2D eigenvalue weighted by molar-refractivity contribution is 5.37. The molecule has 0 aliphatic carbocycles. The zero-order valence-corrected chi connectivity index (χ0v) is 17.4. The smallest absolute Gasteiger partial charge is 0.0270 e. The van der Waals surface area contributed by atoms with Crippen LogP contribution >= 0.6 is 0 Å². The highest BCUT2D eigenvalue weighted by Gasteiger charge is 2.16. The van der Waals surface area contributed by atoms with Crippen LogP contribution in [0.3, 0.4) is 0 Å². The molecule has 27 heavy (non-hydrogen) atoms. The molecule has 1 aromatic heterocycles.